The lowest BCUT2D eigenvalue weighted by Crippen LogP contribution is -2.18. The third kappa shape index (κ3) is 4.18. The van der Waals surface area contributed by atoms with Crippen molar-refractivity contribution in [2.24, 2.45) is 0 Å². The minimum absolute atomic E-state index is 0.839. The van der Waals surface area contributed by atoms with E-state index in [1.54, 1.807) is 6.26 Å². The highest BCUT2D eigenvalue weighted by molar-refractivity contribution is 5.16. The summed E-state index contributed by atoms with van der Waals surface area (Å²) in [6.45, 7) is 7.68. The normalized spacial score (nSPS) is 11.2. The van der Waals surface area contributed by atoms with Crippen molar-refractivity contribution >= 4 is 0 Å². The highest BCUT2D eigenvalue weighted by Crippen LogP contribution is 2.12. The predicted octanol–water partition coefficient (Wildman–Crippen LogP) is 2.72. The van der Waals surface area contributed by atoms with Gasteiger partial charge in [0.1, 0.15) is 5.76 Å². The lowest BCUT2D eigenvalue weighted by atomic mass is 10.2. The van der Waals surface area contributed by atoms with Crippen LogP contribution in [0.2, 0.25) is 0 Å². The number of pyridine rings is 1. The van der Waals surface area contributed by atoms with Gasteiger partial charge in [0.25, 0.3) is 0 Å². The van der Waals surface area contributed by atoms with Crippen LogP contribution in [0.15, 0.2) is 35.1 Å². The average Bonchev–Trinajstić information content (AvgIpc) is 2.83. The first-order valence-electron chi connectivity index (χ1n) is 7.05. The lowest BCUT2D eigenvalue weighted by Gasteiger charge is -2.15. The molecule has 2 rings (SSSR count). The van der Waals surface area contributed by atoms with Crippen LogP contribution in [0.5, 0.6) is 0 Å². The number of rotatable bonds is 7. The van der Waals surface area contributed by atoms with Crippen molar-refractivity contribution in [2.75, 3.05) is 13.6 Å². The summed E-state index contributed by atoms with van der Waals surface area (Å²) < 4.78 is 5.32. The minimum Gasteiger partial charge on any atom is -0.469 e. The van der Waals surface area contributed by atoms with Crippen LogP contribution in [0.3, 0.4) is 0 Å². The van der Waals surface area contributed by atoms with Crippen LogP contribution in [0.4, 0.5) is 0 Å². The summed E-state index contributed by atoms with van der Waals surface area (Å²) in [5.41, 5.74) is 3.55. The zero-order valence-electron chi connectivity index (χ0n) is 12.5. The maximum Gasteiger partial charge on any atom is 0.105 e. The van der Waals surface area contributed by atoms with E-state index >= 15 is 0 Å². The van der Waals surface area contributed by atoms with Gasteiger partial charge in [-0.1, -0.05) is 13.0 Å². The van der Waals surface area contributed by atoms with Gasteiger partial charge < -0.3 is 9.73 Å². The lowest BCUT2D eigenvalue weighted by molar-refractivity contribution is 0.312. The zero-order chi connectivity index (χ0) is 14.4. The molecule has 4 heteroatoms. The molecule has 0 aliphatic heterocycles. The molecule has 4 nitrogen and oxygen atoms in total. The standard InChI is InChI=1S/C16H23N3O/c1-4-17-9-14-5-6-16(18-10-14)12-19(3)11-15-7-8-20-13(15)2/h5-8,10,17H,4,9,11-12H2,1-3H3. The summed E-state index contributed by atoms with van der Waals surface area (Å²) in [5.74, 6) is 0.991. The maximum absolute atomic E-state index is 5.32. The minimum atomic E-state index is 0.839. The molecule has 2 heterocycles. The molecule has 0 aliphatic carbocycles. The molecule has 20 heavy (non-hydrogen) atoms. The summed E-state index contributed by atoms with van der Waals surface area (Å²) in [6.07, 6.45) is 3.70. The number of aryl methyl sites for hydroxylation is 1. The Morgan fingerprint density at radius 2 is 2.10 bits per heavy atom. The molecule has 0 radical (unpaired) electrons. The van der Waals surface area contributed by atoms with Crippen LogP contribution in [-0.4, -0.2) is 23.5 Å². The second-order valence-corrected chi connectivity index (χ2v) is 5.11. The van der Waals surface area contributed by atoms with Gasteiger partial charge in [-0.3, -0.25) is 9.88 Å². The van der Waals surface area contributed by atoms with E-state index in [2.05, 4.69) is 41.3 Å². The molecular formula is C16H23N3O. The average molecular weight is 273 g/mol. The fraction of sp³-hybridized carbons (Fsp3) is 0.438. The molecule has 2 aromatic rings. The second kappa shape index (κ2) is 7.22. The fourth-order valence-corrected chi connectivity index (χ4v) is 2.12. The Bertz CT molecular complexity index is 519. The predicted molar refractivity (Wildman–Crippen MR) is 80.2 cm³/mol. The first kappa shape index (κ1) is 14.8. The summed E-state index contributed by atoms with van der Waals surface area (Å²) >= 11 is 0. The molecule has 0 amide bonds. The second-order valence-electron chi connectivity index (χ2n) is 5.11. The van der Waals surface area contributed by atoms with Gasteiger partial charge in [0.2, 0.25) is 0 Å². The molecule has 0 fully saturated rings. The van der Waals surface area contributed by atoms with Crippen molar-refractivity contribution in [1.29, 1.82) is 0 Å². The Hall–Kier alpha value is -1.65. The van der Waals surface area contributed by atoms with E-state index in [9.17, 15) is 0 Å². The van der Waals surface area contributed by atoms with Crippen molar-refractivity contribution < 1.29 is 4.42 Å². The molecule has 0 aliphatic rings. The van der Waals surface area contributed by atoms with Crippen molar-refractivity contribution in [1.82, 2.24) is 15.2 Å². The van der Waals surface area contributed by atoms with E-state index in [1.807, 2.05) is 19.2 Å². The number of hydrogen-bond donors (Lipinski definition) is 1. The zero-order valence-corrected chi connectivity index (χ0v) is 12.5. The Balaban J connectivity index is 1.87. The van der Waals surface area contributed by atoms with E-state index in [4.69, 9.17) is 4.42 Å². The monoisotopic (exact) mass is 273 g/mol. The van der Waals surface area contributed by atoms with Crippen molar-refractivity contribution in [3.63, 3.8) is 0 Å². The van der Waals surface area contributed by atoms with Crippen molar-refractivity contribution in [3.05, 3.63) is 53.2 Å². The van der Waals surface area contributed by atoms with Crippen molar-refractivity contribution in [3.8, 4) is 0 Å². The van der Waals surface area contributed by atoms with Gasteiger partial charge in [0, 0.05) is 31.4 Å². The summed E-state index contributed by atoms with van der Waals surface area (Å²) in [7, 11) is 2.10. The molecule has 2 aromatic heterocycles. The van der Waals surface area contributed by atoms with Crippen LogP contribution >= 0.6 is 0 Å². The Morgan fingerprint density at radius 1 is 1.25 bits per heavy atom. The number of hydrogen-bond acceptors (Lipinski definition) is 4. The molecule has 0 bridgehead atoms. The Morgan fingerprint density at radius 3 is 2.70 bits per heavy atom. The Kier molecular flexibility index (Phi) is 5.32. The van der Waals surface area contributed by atoms with Gasteiger partial charge in [0.05, 0.1) is 12.0 Å². The van der Waals surface area contributed by atoms with Gasteiger partial charge in [-0.2, -0.15) is 0 Å². The topological polar surface area (TPSA) is 41.3 Å². The van der Waals surface area contributed by atoms with Gasteiger partial charge in [0.15, 0.2) is 0 Å². The van der Waals surface area contributed by atoms with E-state index in [-0.39, 0.29) is 0 Å². The van der Waals surface area contributed by atoms with Gasteiger partial charge in [-0.15, -0.1) is 0 Å². The van der Waals surface area contributed by atoms with Crippen molar-refractivity contribution in [2.45, 2.75) is 33.5 Å². The van der Waals surface area contributed by atoms with E-state index in [0.717, 1.165) is 37.6 Å². The van der Waals surface area contributed by atoms with Crippen LogP contribution < -0.4 is 5.32 Å². The number of furan rings is 1. The number of nitrogens with zero attached hydrogens (tertiary/aromatic N) is 2. The molecular weight excluding hydrogens is 250 g/mol. The highest BCUT2D eigenvalue weighted by Gasteiger charge is 2.06. The first-order chi connectivity index (χ1) is 9.69. The smallest absolute Gasteiger partial charge is 0.105 e. The summed E-state index contributed by atoms with van der Waals surface area (Å²) in [4.78, 5) is 6.76. The molecule has 0 spiro atoms. The van der Waals surface area contributed by atoms with E-state index in [0.29, 0.717) is 0 Å². The quantitative estimate of drug-likeness (QED) is 0.842. The summed E-state index contributed by atoms with van der Waals surface area (Å²) in [6, 6.07) is 6.27. The first-order valence-corrected chi connectivity index (χ1v) is 7.05. The molecule has 0 atom stereocenters. The van der Waals surface area contributed by atoms with Crippen LogP contribution in [0, 0.1) is 6.92 Å². The largest absolute Gasteiger partial charge is 0.469 e. The SMILES string of the molecule is CCNCc1ccc(CN(C)Cc2ccoc2C)nc1. The summed E-state index contributed by atoms with van der Waals surface area (Å²) in [5, 5.41) is 3.30. The Labute approximate surface area is 120 Å². The van der Waals surface area contributed by atoms with Gasteiger partial charge in [-0.25, -0.2) is 0 Å². The molecule has 0 aromatic carbocycles. The highest BCUT2D eigenvalue weighted by atomic mass is 16.3. The van der Waals surface area contributed by atoms with Crippen LogP contribution in [-0.2, 0) is 19.6 Å². The third-order valence-corrected chi connectivity index (χ3v) is 3.30. The van der Waals surface area contributed by atoms with E-state index in [1.165, 1.54) is 11.1 Å². The van der Waals surface area contributed by atoms with E-state index < -0.39 is 0 Å². The number of aromatic nitrogens is 1. The maximum atomic E-state index is 5.32. The molecule has 0 unspecified atom stereocenters. The van der Waals surface area contributed by atoms with Crippen LogP contribution in [0.25, 0.3) is 0 Å². The molecule has 108 valence electrons. The van der Waals surface area contributed by atoms with Gasteiger partial charge >= 0.3 is 0 Å². The fourth-order valence-electron chi connectivity index (χ4n) is 2.12. The third-order valence-electron chi connectivity index (χ3n) is 3.30. The molecule has 1 N–H and O–H groups in total. The molecule has 0 saturated carbocycles. The van der Waals surface area contributed by atoms with Crippen LogP contribution in [0.1, 0.15) is 29.5 Å². The van der Waals surface area contributed by atoms with Gasteiger partial charge in [-0.05, 0) is 38.2 Å². The molecule has 0 saturated heterocycles. The number of nitrogens with one attached hydrogen (secondary N) is 1.